The first-order valence-corrected chi connectivity index (χ1v) is 7.04. The van der Waals surface area contributed by atoms with Gasteiger partial charge >= 0.3 is 6.61 Å². The van der Waals surface area contributed by atoms with Gasteiger partial charge in [0.1, 0.15) is 11.5 Å². The van der Waals surface area contributed by atoms with Crippen molar-refractivity contribution < 1.29 is 23.0 Å². The van der Waals surface area contributed by atoms with Crippen LogP contribution < -0.4 is 14.8 Å². The fourth-order valence-corrected chi connectivity index (χ4v) is 2.00. The van der Waals surface area contributed by atoms with E-state index in [2.05, 4.69) is 10.1 Å². The summed E-state index contributed by atoms with van der Waals surface area (Å²) in [6.07, 6.45) is 0.594. The quantitative estimate of drug-likeness (QED) is 0.851. The molecular weight excluding hydrogens is 304 g/mol. The molecule has 0 saturated heterocycles. The van der Waals surface area contributed by atoms with Gasteiger partial charge in [0, 0.05) is 12.1 Å². The Morgan fingerprint density at radius 3 is 2.22 bits per heavy atom. The van der Waals surface area contributed by atoms with Crippen LogP contribution in [0.25, 0.3) is 0 Å². The van der Waals surface area contributed by atoms with Gasteiger partial charge in [0.05, 0.1) is 7.11 Å². The van der Waals surface area contributed by atoms with Crippen molar-refractivity contribution in [3.8, 4) is 11.5 Å². The zero-order valence-corrected chi connectivity index (χ0v) is 12.6. The molecule has 6 heteroatoms. The van der Waals surface area contributed by atoms with Gasteiger partial charge in [0.25, 0.3) is 5.91 Å². The molecule has 0 spiro atoms. The predicted molar refractivity (Wildman–Crippen MR) is 82.1 cm³/mol. The summed E-state index contributed by atoms with van der Waals surface area (Å²) in [7, 11) is 1.56. The normalized spacial score (nSPS) is 10.4. The number of amides is 1. The summed E-state index contributed by atoms with van der Waals surface area (Å²) in [5.74, 6) is 0.629. The first-order chi connectivity index (χ1) is 11.1. The first kappa shape index (κ1) is 16.7. The zero-order valence-electron chi connectivity index (χ0n) is 12.6. The molecule has 0 bridgehead atoms. The largest absolute Gasteiger partial charge is 0.497 e. The minimum atomic E-state index is -2.83. The molecular formula is C17H17F2NO3. The van der Waals surface area contributed by atoms with Crippen molar-refractivity contribution in [2.75, 3.05) is 13.7 Å². The summed E-state index contributed by atoms with van der Waals surface area (Å²) in [4.78, 5) is 12.0. The van der Waals surface area contributed by atoms with Gasteiger partial charge in [-0.3, -0.25) is 4.79 Å². The van der Waals surface area contributed by atoms with Crippen molar-refractivity contribution in [1.29, 1.82) is 0 Å². The van der Waals surface area contributed by atoms with Crippen molar-refractivity contribution in [3.05, 3.63) is 59.7 Å². The molecule has 0 aromatic heterocycles. The molecule has 0 aliphatic carbocycles. The maximum atomic E-state index is 12.0. The fraction of sp³-hybridized carbons (Fsp3) is 0.235. The molecule has 2 rings (SSSR count). The van der Waals surface area contributed by atoms with E-state index in [1.54, 1.807) is 43.5 Å². The van der Waals surface area contributed by atoms with E-state index in [1.807, 2.05) is 0 Å². The lowest BCUT2D eigenvalue weighted by Gasteiger charge is -2.08. The Kier molecular flexibility index (Phi) is 5.91. The van der Waals surface area contributed by atoms with Gasteiger partial charge in [-0.1, -0.05) is 12.1 Å². The highest BCUT2D eigenvalue weighted by molar-refractivity contribution is 5.94. The Morgan fingerprint density at radius 1 is 1.04 bits per heavy atom. The molecule has 0 aliphatic heterocycles. The van der Waals surface area contributed by atoms with E-state index >= 15 is 0 Å². The molecule has 2 aromatic rings. The number of benzene rings is 2. The summed E-state index contributed by atoms with van der Waals surface area (Å²) in [6.45, 7) is -2.38. The summed E-state index contributed by atoms with van der Waals surface area (Å²) in [5, 5.41) is 2.80. The highest BCUT2D eigenvalue weighted by Gasteiger charge is 2.06. The molecule has 2 aromatic carbocycles. The number of hydrogen-bond donors (Lipinski definition) is 1. The maximum Gasteiger partial charge on any atom is 0.387 e. The SMILES string of the molecule is COc1ccc(C(=O)NCCc2ccc(OC(F)F)cc2)cc1. The lowest BCUT2D eigenvalue weighted by Crippen LogP contribution is -2.25. The van der Waals surface area contributed by atoms with Crippen LogP contribution in [-0.2, 0) is 6.42 Å². The van der Waals surface area contributed by atoms with Crippen LogP contribution in [0.2, 0.25) is 0 Å². The van der Waals surface area contributed by atoms with E-state index < -0.39 is 6.61 Å². The third-order valence-electron chi connectivity index (χ3n) is 3.20. The summed E-state index contributed by atoms with van der Waals surface area (Å²) in [5.41, 5.74) is 1.47. The van der Waals surface area contributed by atoms with E-state index in [0.29, 0.717) is 24.3 Å². The van der Waals surface area contributed by atoms with Gasteiger partial charge in [-0.2, -0.15) is 8.78 Å². The van der Waals surface area contributed by atoms with Crippen molar-refractivity contribution in [2.24, 2.45) is 0 Å². The second-order valence-electron chi connectivity index (χ2n) is 4.76. The number of carbonyl (C=O) groups excluding carboxylic acids is 1. The smallest absolute Gasteiger partial charge is 0.387 e. The number of nitrogens with one attached hydrogen (secondary N) is 1. The number of alkyl halides is 2. The predicted octanol–water partition coefficient (Wildman–Crippen LogP) is 3.27. The molecule has 0 unspecified atom stereocenters. The summed E-state index contributed by atoms with van der Waals surface area (Å²) >= 11 is 0. The second kappa shape index (κ2) is 8.12. The maximum absolute atomic E-state index is 12.0. The number of rotatable bonds is 7. The van der Waals surface area contributed by atoms with Crippen molar-refractivity contribution >= 4 is 5.91 Å². The van der Waals surface area contributed by atoms with Crippen LogP contribution in [0.1, 0.15) is 15.9 Å². The number of ether oxygens (including phenoxy) is 2. The third kappa shape index (κ3) is 5.25. The molecule has 0 radical (unpaired) electrons. The van der Waals surface area contributed by atoms with Crippen LogP contribution >= 0.6 is 0 Å². The molecule has 23 heavy (non-hydrogen) atoms. The first-order valence-electron chi connectivity index (χ1n) is 7.04. The third-order valence-corrected chi connectivity index (χ3v) is 3.20. The average molecular weight is 321 g/mol. The monoisotopic (exact) mass is 321 g/mol. The lowest BCUT2D eigenvalue weighted by atomic mass is 10.1. The second-order valence-corrected chi connectivity index (χ2v) is 4.76. The van der Waals surface area contributed by atoms with Crippen LogP contribution in [-0.4, -0.2) is 26.2 Å². The van der Waals surface area contributed by atoms with Gasteiger partial charge in [0.15, 0.2) is 0 Å². The van der Waals surface area contributed by atoms with Crippen LogP contribution in [0.5, 0.6) is 11.5 Å². The minimum Gasteiger partial charge on any atom is -0.497 e. The fourth-order valence-electron chi connectivity index (χ4n) is 2.00. The average Bonchev–Trinajstić information content (AvgIpc) is 2.56. The Bertz CT molecular complexity index is 627. The molecule has 0 fully saturated rings. The molecule has 0 aliphatic rings. The summed E-state index contributed by atoms with van der Waals surface area (Å²) in [6, 6.07) is 13.1. The minimum absolute atomic E-state index is 0.117. The number of methoxy groups -OCH3 is 1. The standard InChI is InChI=1S/C17H17F2NO3/c1-22-14-8-4-13(5-9-14)16(21)20-11-10-12-2-6-15(7-3-12)23-17(18)19/h2-9,17H,10-11H2,1H3,(H,20,21). The van der Waals surface area contributed by atoms with E-state index in [1.165, 1.54) is 12.1 Å². The summed E-state index contributed by atoms with van der Waals surface area (Å²) < 4.78 is 33.4. The number of halogens is 2. The van der Waals surface area contributed by atoms with Crippen LogP contribution in [0.4, 0.5) is 8.78 Å². The highest BCUT2D eigenvalue weighted by Crippen LogP contribution is 2.15. The van der Waals surface area contributed by atoms with E-state index in [4.69, 9.17) is 4.74 Å². The molecule has 0 saturated carbocycles. The van der Waals surface area contributed by atoms with Crippen molar-refractivity contribution in [2.45, 2.75) is 13.0 Å². The van der Waals surface area contributed by atoms with Gasteiger partial charge in [-0.15, -0.1) is 0 Å². The van der Waals surface area contributed by atoms with Gasteiger partial charge in [0.2, 0.25) is 0 Å². The zero-order chi connectivity index (χ0) is 16.7. The van der Waals surface area contributed by atoms with Crippen molar-refractivity contribution in [1.82, 2.24) is 5.32 Å². The molecule has 1 N–H and O–H groups in total. The number of carbonyl (C=O) groups is 1. The topological polar surface area (TPSA) is 47.6 Å². The van der Waals surface area contributed by atoms with E-state index in [0.717, 1.165) is 5.56 Å². The molecule has 1 amide bonds. The van der Waals surface area contributed by atoms with Crippen LogP contribution in [0.3, 0.4) is 0 Å². The Labute approximate surface area is 133 Å². The number of hydrogen-bond acceptors (Lipinski definition) is 3. The Morgan fingerprint density at radius 2 is 1.65 bits per heavy atom. The van der Waals surface area contributed by atoms with Gasteiger partial charge in [-0.25, -0.2) is 0 Å². The Balaban J connectivity index is 1.80. The van der Waals surface area contributed by atoms with Crippen LogP contribution in [0.15, 0.2) is 48.5 Å². The van der Waals surface area contributed by atoms with Gasteiger partial charge in [-0.05, 0) is 48.4 Å². The van der Waals surface area contributed by atoms with Crippen molar-refractivity contribution in [3.63, 3.8) is 0 Å². The Hall–Kier alpha value is -2.63. The molecule has 0 atom stereocenters. The molecule has 122 valence electrons. The van der Waals surface area contributed by atoms with E-state index in [9.17, 15) is 13.6 Å². The molecule has 0 heterocycles. The van der Waals surface area contributed by atoms with Crippen LogP contribution in [0, 0.1) is 0 Å². The van der Waals surface area contributed by atoms with E-state index in [-0.39, 0.29) is 11.7 Å². The van der Waals surface area contributed by atoms with Gasteiger partial charge < -0.3 is 14.8 Å². The molecule has 4 nitrogen and oxygen atoms in total. The lowest BCUT2D eigenvalue weighted by molar-refractivity contribution is -0.0498. The highest BCUT2D eigenvalue weighted by atomic mass is 19.3.